The summed E-state index contributed by atoms with van der Waals surface area (Å²) in [4.78, 5) is 16.9. The largest absolute Gasteiger partial charge is 0.497 e. The first-order valence-electron chi connectivity index (χ1n) is 12.1. The number of methoxy groups -OCH3 is 1. The Hall–Kier alpha value is -3.59. The number of nitrogens with zero attached hydrogens (tertiary/aromatic N) is 2. The number of carbonyl (C=O) groups excluding carboxylic acids is 1. The van der Waals surface area contributed by atoms with Gasteiger partial charge in [0.1, 0.15) is 22.2 Å². The van der Waals surface area contributed by atoms with E-state index in [4.69, 9.17) is 8.92 Å². The molecule has 0 fully saturated rings. The number of rotatable bonds is 11. The minimum atomic E-state index is -4.18. The van der Waals surface area contributed by atoms with Crippen LogP contribution in [-0.2, 0) is 16.7 Å². The van der Waals surface area contributed by atoms with Gasteiger partial charge >= 0.3 is 10.1 Å². The molecule has 3 aromatic carbocycles. The molecule has 3 rings (SSSR count). The second-order valence-corrected chi connectivity index (χ2v) is 10.3. The van der Waals surface area contributed by atoms with E-state index in [-0.39, 0.29) is 34.7 Å². The molecule has 0 aliphatic heterocycles. The van der Waals surface area contributed by atoms with E-state index < -0.39 is 15.9 Å². The Morgan fingerprint density at radius 3 is 2.22 bits per heavy atom. The van der Waals surface area contributed by atoms with Gasteiger partial charge in [0.2, 0.25) is 0 Å². The summed E-state index contributed by atoms with van der Waals surface area (Å²) in [7, 11) is -2.68. The smallest absolute Gasteiger partial charge is 0.339 e. The standard InChI is InChI=1S/C28H33FN2O5S/c1-6-30(7-2)24-12-11-22(19-31(20(3)4)28(32)21-9-8-10-23(29)17-21)27(18-24)36-37(33,34)26-15-13-25(35-5)14-16-26/h8-18,20H,6-7,19H2,1-5H3. The summed E-state index contributed by atoms with van der Waals surface area (Å²) in [5.41, 5.74) is 1.51. The molecule has 0 N–H and O–H groups in total. The van der Waals surface area contributed by atoms with Gasteiger partial charge in [-0.05, 0) is 76.2 Å². The Morgan fingerprint density at radius 1 is 0.973 bits per heavy atom. The lowest BCUT2D eigenvalue weighted by molar-refractivity contribution is 0.0689. The molecule has 37 heavy (non-hydrogen) atoms. The first-order chi connectivity index (χ1) is 17.6. The monoisotopic (exact) mass is 528 g/mol. The van der Waals surface area contributed by atoms with Crippen molar-refractivity contribution in [1.82, 2.24) is 4.90 Å². The van der Waals surface area contributed by atoms with E-state index in [1.807, 2.05) is 33.8 Å². The summed E-state index contributed by atoms with van der Waals surface area (Å²) >= 11 is 0. The van der Waals surface area contributed by atoms with Gasteiger partial charge in [0.25, 0.3) is 5.91 Å². The first kappa shape index (κ1) is 28.0. The van der Waals surface area contributed by atoms with Crippen LogP contribution in [0.3, 0.4) is 0 Å². The van der Waals surface area contributed by atoms with Crippen molar-refractivity contribution in [2.45, 2.75) is 45.2 Å². The highest BCUT2D eigenvalue weighted by molar-refractivity contribution is 7.87. The van der Waals surface area contributed by atoms with Crippen LogP contribution in [0.25, 0.3) is 0 Å². The zero-order chi connectivity index (χ0) is 27.2. The second kappa shape index (κ2) is 12.1. The van der Waals surface area contributed by atoms with E-state index in [1.165, 1.54) is 37.4 Å². The van der Waals surface area contributed by atoms with Crippen molar-refractivity contribution in [3.63, 3.8) is 0 Å². The maximum Gasteiger partial charge on any atom is 0.339 e. The predicted octanol–water partition coefficient (Wildman–Crippen LogP) is 5.50. The lowest BCUT2D eigenvalue weighted by atomic mass is 10.1. The highest BCUT2D eigenvalue weighted by Crippen LogP contribution is 2.31. The van der Waals surface area contributed by atoms with Crippen LogP contribution < -0.4 is 13.8 Å². The van der Waals surface area contributed by atoms with Gasteiger partial charge in [-0.15, -0.1) is 0 Å². The van der Waals surface area contributed by atoms with Crippen molar-refractivity contribution < 1.29 is 26.5 Å². The van der Waals surface area contributed by atoms with E-state index in [0.717, 1.165) is 18.8 Å². The fourth-order valence-corrected chi connectivity index (χ4v) is 4.86. The molecule has 9 heteroatoms. The average Bonchev–Trinajstić information content (AvgIpc) is 2.88. The van der Waals surface area contributed by atoms with E-state index in [2.05, 4.69) is 4.90 Å². The Kier molecular flexibility index (Phi) is 9.15. The number of benzene rings is 3. The minimum Gasteiger partial charge on any atom is -0.497 e. The van der Waals surface area contributed by atoms with Gasteiger partial charge in [-0.25, -0.2) is 4.39 Å². The van der Waals surface area contributed by atoms with Crippen molar-refractivity contribution in [3.8, 4) is 11.5 Å². The van der Waals surface area contributed by atoms with Crippen LogP contribution >= 0.6 is 0 Å². The molecule has 0 heterocycles. The Labute approximate surface area is 218 Å². The Morgan fingerprint density at radius 2 is 1.65 bits per heavy atom. The highest BCUT2D eigenvalue weighted by atomic mass is 32.2. The molecule has 0 bridgehead atoms. The number of hydrogen-bond acceptors (Lipinski definition) is 6. The SMILES string of the molecule is CCN(CC)c1ccc(CN(C(=O)c2cccc(F)c2)C(C)C)c(OS(=O)(=O)c2ccc(OC)cc2)c1. The topological polar surface area (TPSA) is 76.2 Å². The van der Waals surface area contributed by atoms with Gasteiger partial charge in [0, 0.05) is 48.6 Å². The summed E-state index contributed by atoms with van der Waals surface area (Å²) in [6.45, 7) is 9.20. The zero-order valence-electron chi connectivity index (χ0n) is 21.8. The quantitative estimate of drug-likeness (QED) is 0.306. The minimum absolute atomic E-state index is 0.0240. The third-order valence-electron chi connectivity index (χ3n) is 6.02. The Balaban J connectivity index is 2.02. The summed E-state index contributed by atoms with van der Waals surface area (Å²) in [6.07, 6.45) is 0. The molecule has 0 radical (unpaired) electrons. The van der Waals surface area contributed by atoms with Crippen molar-refractivity contribution in [2.75, 3.05) is 25.1 Å². The molecule has 1 amide bonds. The van der Waals surface area contributed by atoms with E-state index >= 15 is 0 Å². The molecular weight excluding hydrogens is 495 g/mol. The number of carbonyl (C=O) groups is 1. The molecule has 0 saturated heterocycles. The molecule has 0 aromatic heterocycles. The van der Waals surface area contributed by atoms with Crippen molar-refractivity contribution in [1.29, 1.82) is 0 Å². The van der Waals surface area contributed by atoms with Gasteiger partial charge < -0.3 is 18.7 Å². The van der Waals surface area contributed by atoms with Gasteiger partial charge in [-0.1, -0.05) is 12.1 Å². The highest BCUT2D eigenvalue weighted by Gasteiger charge is 2.24. The molecule has 0 atom stereocenters. The second-order valence-electron chi connectivity index (χ2n) is 8.71. The third-order valence-corrected chi connectivity index (χ3v) is 7.27. The van der Waals surface area contributed by atoms with Gasteiger partial charge in [-0.3, -0.25) is 4.79 Å². The van der Waals surface area contributed by atoms with Crippen molar-refractivity contribution in [3.05, 3.63) is 83.7 Å². The molecule has 0 aliphatic rings. The molecule has 3 aromatic rings. The van der Waals surface area contributed by atoms with Gasteiger partial charge in [0.15, 0.2) is 0 Å². The average molecular weight is 529 g/mol. The number of anilines is 1. The predicted molar refractivity (Wildman–Crippen MR) is 142 cm³/mol. The van der Waals surface area contributed by atoms with E-state index in [9.17, 15) is 17.6 Å². The summed E-state index contributed by atoms with van der Waals surface area (Å²) < 4.78 is 51.0. The fourth-order valence-electron chi connectivity index (χ4n) is 3.91. The third kappa shape index (κ3) is 6.80. The van der Waals surface area contributed by atoms with Gasteiger partial charge in [0.05, 0.1) is 7.11 Å². The maximum absolute atomic E-state index is 13.8. The molecular formula is C28H33FN2O5S. The van der Waals surface area contributed by atoms with Crippen LogP contribution in [0.2, 0.25) is 0 Å². The van der Waals surface area contributed by atoms with Crippen LogP contribution in [0.1, 0.15) is 43.6 Å². The lowest BCUT2D eigenvalue weighted by Crippen LogP contribution is -2.36. The van der Waals surface area contributed by atoms with Crippen LogP contribution in [0.15, 0.2) is 71.6 Å². The van der Waals surface area contributed by atoms with Crippen molar-refractivity contribution >= 4 is 21.7 Å². The molecule has 0 saturated carbocycles. The van der Waals surface area contributed by atoms with Crippen LogP contribution in [0.4, 0.5) is 10.1 Å². The van der Waals surface area contributed by atoms with E-state index in [1.54, 1.807) is 35.2 Å². The summed E-state index contributed by atoms with van der Waals surface area (Å²) in [6, 6.07) is 16.5. The van der Waals surface area contributed by atoms with Crippen molar-refractivity contribution in [2.24, 2.45) is 0 Å². The Bertz CT molecular complexity index is 1320. The fraction of sp³-hybridized carbons (Fsp3) is 0.321. The number of hydrogen-bond donors (Lipinski definition) is 0. The summed E-state index contributed by atoms with van der Waals surface area (Å²) in [5.74, 6) is -0.233. The molecule has 0 unspecified atom stereocenters. The molecule has 0 aliphatic carbocycles. The van der Waals surface area contributed by atoms with Gasteiger partial charge in [-0.2, -0.15) is 8.42 Å². The number of amides is 1. The molecule has 0 spiro atoms. The number of ether oxygens (including phenoxy) is 1. The summed E-state index contributed by atoms with van der Waals surface area (Å²) in [5, 5.41) is 0. The number of halogens is 1. The first-order valence-corrected chi connectivity index (χ1v) is 13.5. The van der Waals surface area contributed by atoms with Crippen LogP contribution in [-0.4, -0.2) is 45.5 Å². The van der Waals surface area contributed by atoms with E-state index in [0.29, 0.717) is 11.3 Å². The lowest BCUT2D eigenvalue weighted by Gasteiger charge is -2.28. The normalized spacial score (nSPS) is 11.3. The van der Waals surface area contributed by atoms with Crippen LogP contribution in [0.5, 0.6) is 11.5 Å². The molecule has 7 nitrogen and oxygen atoms in total. The molecule has 198 valence electrons. The van der Waals surface area contributed by atoms with Crippen LogP contribution in [0, 0.1) is 5.82 Å². The maximum atomic E-state index is 13.8. The zero-order valence-corrected chi connectivity index (χ0v) is 22.6.